The smallest absolute Gasteiger partial charge is 0.238 e. The van der Waals surface area contributed by atoms with Gasteiger partial charge in [0.25, 0.3) is 0 Å². The van der Waals surface area contributed by atoms with E-state index >= 15 is 0 Å². The average Bonchev–Trinajstić information content (AvgIpc) is 2.71. The Bertz CT molecular complexity index is 728. The summed E-state index contributed by atoms with van der Waals surface area (Å²) in [6.45, 7) is 0. The fraction of sp³-hybridized carbons (Fsp3) is 0.286. The molecule has 2 aliphatic rings. The van der Waals surface area contributed by atoms with Crippen molar-refractivity contribution in [3.8, 4) is 0 Å². The van der Waals surface area contributed by atoms with Crippen LogP contribution in [0.3, 0.4) is 0 Å². The van der Waals surface area contributed by atoms with Crippen LogP contribution in [0.2, 0.25) is 0 Å². The molecule has 2 unspecified atom stereocenters. The number of benzene rings is 1. The maximum atomic E-state index is 12.4. The van der Waals surface area contributed by atoms with Crippen LogP contribution >= 0.6 is 0 Å². The van der Waals surface area contributed by atoms with Crippen LogP contribution < -0.4 is 10.0 Å². The lowest BCUT2D eigenvalue weighted by molar-refractivity contribution is -0.122. The van der Waals surface area contributed by atoms with Gasteiger partial charge in [0.05, 0.1) is 22.4 Å². The van der Waals surface area contributed by atoms with Gasteiger partial charge in [-0.2, -0.15) is 0 Å². The number of nitrogens with zero attached hydrogens (tertiary/aromatic N) is 1. The zero-order valence-electron chi connectivity index (χ0n) is 11.1. The van der Waals surface area contributed by atoms with Crippen LogP contribution in [0, 0.1) is 11.8 Å². The summed E-state index contributed by atoms with van der Waals surface area (Å²) in [4.78, 5) is 25.8. The van der Waals surface area contributed by atoms with Gasteiger partial charge in [0.15, 0.2) is 0 Å². The van der Waals surface area contributed by atoms with Crippen LogP contribution in [0.1, 0.15) is 12.8 Å². The van der Waals surface area contributed by atoms with Crippen molar-refractivity contribution in [2.75, 3.05) is 4.90 Å². The number of amides is 2. The number of fused-ring (bicyclic) bond motifs is 1. The lowest BCUT2D eigenvalue weighted by Crippen LogP contribution is -2.31. The van der Waals surface area contributed by atoms with Crippen LogP contribution in [-0.2, 0) is 19.6 Å². The fourth-order valence-corrected chi connectivity index (χ4v) is 3.41. The van der Waals surface area contributed by atoms with Crippen molar-refractivity contribution < 1.29 is 18.0 Å². The SMILES string of the molecule is NS(=O)(=O)c1cccc(N2C(=O)C3CC=CCC3C2=O)c1. The Morgan fingerprint density at radius 1 is 1.05 bits per heavy atom. The molecular formula is C14H14N2O4S. The van der Waals surface area contributed by atoms with E-state index in [0.717, 1.165) is 4.90 Å². The number of primary sulfonamides is 1. The highest BCUT2D eigenvalue weighted by Crippen LogP contribution is 2.37. The highest BCUT2D eigenvalue weighted by Gasteiger charge is 2.47. The molecule has 1 aliphatic heterocycles. The Labute approximate surface area is 122 Å². The molecule has 0 aromatic heterocycles. The van der Waals surface area contributed by atoms with E-state index < -0.39 is 10.0 Å². The molecule has 1 aromatic rings. The molecule has 0 radical (unpaired) electrons. The molecule has 6 nitrogen and oxygen atoms in total. The molecule has 1 heterocycles. The molecule has 1 aromatic carbocycles. The molecule has 2 amide bonds. The first-order chi connectivity index (χ1) is 9.89. The van der Waals surface area contributed by atoms with E-state index in [1.54, 1.807) is 0 Å². The maximum Gasteiger partial charge on any atom is 0.238 e. The summed E-state index contributed by atoms with van der Waals surface area (Å²) in [6, 6.07) is 5.60. The normalized spacial score (nSPS) is 25.3. The van der Waals surface area contributed by atoms with E-state index in [-0.39, 0.29) is 34.2 Å². The van der Waals surface area contributed by atoms with E-state index in [1.165, 1.54) is 24.3 Å². The van der Waals surface area contributed by atoms with Crippen LogP contribution in [0.5, 0.6) is 0 Å². The van der Waals surface area contributed by atoms with Crippen molar-refractivity contribution >= 4 is 27.5 Å². The van der Waals surface area contributed by atoms with Crippen molar-refractivity contribution in [2.45, 2.75) is 17.7 Å². The molecule has 2 atom stereocenters. The molecule has 3 rings (SSSR count). The van der Waals surface area contributed by atoms with E-state index in [9.17, 15) is 18.0 Å². The van der Waals surface area contributed by atoms with Crippen LogP contribution in [0.25, 0.3) is 0 Å². The zero-order chi connectivity index (χ0) is 15.2. The van der Waals surface area contributed by atoms with Gasteiger partial charge in [0.1, 0.15) is 0 Å². The Morgan fingerprint density at radius 2 is 1.62 bits per heavy atom. The number of sulfonamides is 1. The molecule has 1 fully saturated rings. The number of nitrogens with two attached hydrogens (primary N) is 1. The van der Waals surface area contributed by atoms with Crippen molar-refractivity contribution in [1.29, 1.82) is 0 Å². The van der Waals surface area contributed by atoms with Gasteiger partial charge in [-0.3, -0.25) is 9.59 Å². The average molecular weight is 306 g/mol. The predicted octanol–water partition coefficient (Wildman–Crippen LogP) is 0.790. The quantitative estimate of drug-likeness (QED) is 0.645. The molecule has 7 heteroatoms. The van der Waals surface area contributed by atoms with Gasteiger partial charge >= 0.3 is 0 Å². The first-order valence-electron chi connectivity index (χ1n) is 6.55. The third-order valence-electron chi connectivity index (χ3n) is 3.91. The minimum absolute atomic E-state index is 0.117. The van der Waals surface area contributed by atoms with E-state index in [4.69, 9.17) is 5.14 Å². The fourth-order valence-electron chi connectivity index (χ4n) is 2.85. The molecular weight excluding hydrogens is 292 g/mol. The van der Waals surface area contributed by atoms with Gasteiger partial charge in [-0.1, -0.05) is 18.2 Å². The summed E-state index contributed by atoms with van der Waals surface area (Å²) in [7, 11) is -3.88. The van der Waals surface area contributed by atoms with E-state index in [1.807, 2.05) is 12.2 Å². The second-order valence-corrected chi connectivity index (χ2v) is 6.77. The maximum absolute atomic E-state index is 12.4. The largest absolute Gasteiger partial charge is 0.274 e. The standard InChI is InChI=1S/C14H14N2O4S/c15-21(19,20)10-5-3-4-9(8-10)16-13(17)11-6-1-2-7-12(11)14(16)18/h1-5,8,11-12H,6-7H2,(H2,15,19,20). The molecule has 110 valence electrons. The number of anilines is 1. The summed E-state index contributed by atoms with van der Waals surface area (Å²) in [5.74, 6) is -1.25. The summed E-state index contributed by atoms with van der Waals surface area (Å²) in [5, 5.41) is 5.08. The molecule has 1 saturated heterocycles. The van der Waals surface area contributed by atoms with Gasteiger partial charge < -0.3 is 0 Å². The van der Waals surface area contributed by atoms with Crippen LogP contribution in [0.4, 0.5) is 5.69 Å². The molecule has 0 saturated carbocycles. The van der Waals surface area contributed by atoms with Crippen LogP contribution in [-0.4, -0.2) is 20.2 Å². The molecule has 0 bridgehead atoms. The zero-order valence-corrected chi connectivity index (χ0v) is 11.9. The third-order valence-corrected chi connectivity index (χ3v) is 4.82. The Kier molecular flexibility index (Phi) is 3.18. The number of imide groups is 1. The monoisotopic (exact) mass is 306 g/mol. The van der Waals surface area contributed by atoms with E-state index in [0.29, 0.717) is 12.8 Å². The number of allylic oxidation sites excluding steroid dienone is 2. The van der Waals surface area contributed by atoms with Gasteiger partial charge in [0.2, 0.25) is 21.8 Å². The summed E-state index contributed by atoms with van der Waals surface area (Å²) < 4.78 is 22.8. The Morgan fingerprint density at radius 3 is 2.14 bits per heavy atom. The summed E-state index contributed by atoms with van der Waals surface area (Å²) >= 11 is 0. The first kappa shape index (κ1) is 14.0. The molecule has 21 heavy (non-hydrogen) atoms. The van der Waals surface area contributed by atoms with Crippen LogP contribution in [0.15, 0.2) is 41.3 Å². The first-order valence-corrected chi connectivity index (χ1v) is 8.10. The number of rotatable bonds is 2. The number of carbonyl (C=O) groups is 2. The second-order valence-electron chi connectivity index (χ2n) is 5.21. The molecule has 1 aliphatic carbocycles. The predicted molar refractivity (Wildman–Crippen MR) is 75.7 cm³/mol. The van der Waals surface area contributed by atoms with Gasteiger partial charge in [-0.15, -0.1) is 0 Å². The Hall–Kier alpha value is -1.99. The number of hydrogen-bond donors (Lipinski definition) is 1. The lowest BCUT2D eigenvalue weighted by Gasteiger charge is -2.15. The highest BCUT2D eigenvalue weighted by atomic mass is 32.2. The topological polar surface area (TPSA) is 97.5 Å². The Balaban J connectivity index is 2.02. The second kappa shape index (κ2) is 4.78. The van der Waals surface area contributed by atoms with Gasteiger partial charge in [0, 0.05) is 0 Å². The van der Waals surface area contributed by atoms with Crippen molar-refractivity contribution in [1.82, 2.24) is 0 Å². The summed E-state index contributed by atoms with van der Waals surface area (Å²) in [5.41, 5.74) is 0.255. The van der Waals surface area contributed by atoms with Crippen molar-refractivity contribution in [2.24, 2.45) is 17.0 Å². The molecule has 0 spiro atoms. The van der Waals surface area contributed by atoms with E-state index in [2.05, 4.69) is 0 Å². The van der Waals surface area contributed by atoms with Gasteiger partial charge in [-0.05, 0) is 31.0 Å². The van der Waals surface area contributed by atoms with Crippen molar-refractivity contribution in [3.63, 3.8) is 0 Å². The number of carbonyl (C=O) groups excluding carboxylic acids is 2. The van der Waals surface area contributed by atoms with Crippen molar-refractivity contribution in [3.05, 3.63) is 36.4 Å². The lowest BCUT2D eigenvalue weighted by atomic mass is 9.85. The third kappa shape index (κ3) is 2.28. The molecule has 2 N–H and O–H groups in total. The number of hydrogen-bond acceptors (Lipinski definition) is 4. The minimum Gasteiger partial charge on any atom is -0.274 e. The van der Waals surface area contributed by atoms with Gasteiger partial charge in [-0.25, -0.2) is 18.5 Å². The minimum atomic E-state index is -3.88. The summed E-state index contributed by atoms with van der Waals surface area (Å²) in [6.07, 6.45) is 4.88. The highest BCUT2D eigenvalue weighted by molar-refractivity contribution is 7.89.